The van der Waals surface area contributed by atoms with Crippen molar-refractivity contribution in [3.63, 3.8) is 0 Å². The summed E-state index contributed by atoms with van der Waals surface area (Å²) in [5.74, 6) is -1.82. The zero-order valence-corrected chi connectivity index (χ0v) is 17.1. The summed E-state index contributed by atoms with van der Waals surface area (Å²) >= 11 is 0. The van der Waals surface area contributed by atoms with Crippen molar-refractivity contribution in [1.29, 1.82) is 0 Å². The van der Waals surface area contributed by atoms with E-state index in [1.165, 1.54) is 49.3 Å². The molecule has 4 heterocycles. The first-order valence-corrected chi connectivity index (χ1v) is 8.18. The first kappa shape index (κ1) is 23.2. The van der Waals surface area contributed by atoms with Gasteiger partial charge in [-0.2, -0.15) is 0 Å². The van der Waals surface area contributed by atoms with Crippen LogP contribution < -0.4 is 10.2 Å². The molecule has 0 aromatic carbocycles. The van der Waals surface area contributed by atoms with Crippen molar-refractivity contribution < 1.29 is 39.3 Å². The molecule has 0 fully saturated rings. The first-order chi connectivity index (χ1) is 14.5. The Labute approximate surface area is 187 Å². The van der Waals surface area contributed by atoms with Gasteiger partial charge in [0.25, 0.3) is 0 Å². The maximum atomic E-state index is 10.5. The smallest absolute Gasteiger partial charge is 0.543 e. The number of carboxylic acids is 2. The minimum Gasteiger partial charge on any atom is -0.543 e. The van der Waals surface area contributed by atoms with Crippen LogP contribution in [0.1, 0.15) is 21.0 Å². The first-order valence-electron chi connectivity index (χ1n) is 8.18. The summed E-state index contributed by atoms with van der Waals surface area (Å²) in [5, 5.41) is 21.1. The van der Waals surface area contributed by atoms with Crippen LogP contribution in [0.3, 0.4) is 0 Å². The second-order valence-electron chi connectivity index (χ2n) is 5.25. The molecule has 0 atom stereocenters. The van der Waals surface area contributed by atoms with Gasteiger partial charge in [0.15, 0.2) is 23.3 Å². The summed E-state index contributed by atoms with van der Waals surface area (Å²) in [6, 6.07) is 5.79. The molecule has 4 rings (SSSR count). The number of rotatable bonds is 4. The van der Waals surface area contributed by atoms with E-state index in [1.54, 1.807) is 12.1 Å². The summed E-state index contributed by atoms with van der Waals surface area (Å²) in [7, 11) is 0. The standard InChI is InChI=1S/2C9H6N4O2.Ru/c2*14-9(15)6-2-5-12-8(13-6)7-10-3-1-4-11-7;/h2*1-5H,(H,14,15);/q;;+2/p-2. The predicted molar refractivity (Wildman–Crippen MR) is 94.8 cm³/mol. The van der Waals surface area contributed by atoms with Crippen LogP contribution in [0.25, 0.3) is 23.3 Å². The second-order valence-corrected chi connectivity index (χ2v) is 5.25. The van der Waals surface area contributed by atoms with Gasteiger partial charge < -0.3 is 19.8 Å². The Balaban J connectivity index is 0.000000213. The van der Waals surface area contributed by atoms with Gasteiger partial charge in [0.2, 0.25) is 0 Å². The van der Waals surface area contributed by atoms with Crippen molar-refractivity contribution in [2.75, 3.05) is 0 Å². The number of carboxylic acid groups (broad SMARTS) is 2. The van der Waals surface area contributed by atoms with E-state index in [4.69, 9.17) is 0 Å². The summed E-state index contributed by atoms with van der Waals surface area (Å²) in [6.45, 7) is 0. The molecule has 4 aromatic heterocycles. The van der Waals surface area contributed by atoms with Crippen LogP contribution in [0.15, 0.2) is 61.4 Å². The predicted octanol–water partition coefficient (Wildman–Crippen LogP) is -1.41. The molecule has 0 saturated carbocycles. The van der Waals surface area contributed by atoms with Gasteiger partial charge in [-0.15, -0.1) is 0 Å². The fourth-order valence-electron chi connectivity index (χ4n) is 1.99. The maximum Gasteiger partial charge on any atom is 2.00 e. The number of nitrogens with zero attached hydrogens (tertiary/aromatic N) is 8. The van der Waals surface area contributed by atoms with Crippen molar-refractivity contribution >= 4 is 11.9 Å². The van der Waals surface area contributed by atoms with Crippen LogP contribution in [0.5, 0.6) is 0 Å². The Morgan fingerprint density at radius 2 is 0.871 bits per heavy atom. The topological polar surface area (TPSA) is 183 Å². The van der Waals surface area contributed by atoms with Crippen molar-refractivity contribution in [2.45, 2.75) is 0 Å². The zero-order valence-electron chi connectivity index (χ0n) is 15.3. The van der Waals surface area contributed by atoms with Crippen molar-refractivity contribution in [1.82, 2.24) is 39.9 Å². The molecule has 4 aromatic rings. The molecule has 0 spiro atoms. The zero-order chi connectivity index (χ0) is 21.3. The number of carbonyl (C=O) groups is 2. The fourth-order valence-corrected chi connectivity index (χ4v) is 1.99. The summed E-state index contributed by atoms with van der Waals surface area (Å²) in [5.41, 5.74) is -0.375. The van der Waals surface area contributed by atoms with Crippen molar-refractivity contribution in [3.8, 4) is 23.3 Å². The van der Waals surface area contributed by atoms with Crippen LogP contribution >= 0.6 is 0 Å². The van der Waals surface area contributed by atoms with Crippen molar-refractivity contribution in [3.05, 3.63) is 72.8 Å². The summed E-state index contributed by atoms with van der Waals surface area (Å²) < 4.78 is 0. The molecule has 13 heteroatoms. The van der Waals surface area contributed by atoms with Gasteiger partial charge in [0, 0.05) is 37.2 Å². The van der Waals surface area contributed by atoms with E-state index < -0.39 is 11.9 Å². The molecule has 0 aliphatic rings. The van der Waals surface area contributed by atoms with E-state index in [-0.39, 0.29) is 54.2 Å². The molecule has 0 aliphatic heterocycles. The van der Waals surface area contributed by atoms with Gasteiger partial charge in [-0.05, 0) is 24.3 Å². The molecular formula is C18H10N8O4Ru. The largest absolute Gasteiger partial charge is 2.00 e. The van der Waals surface area contributed by atoms with Gasteiger partial charge in [-0.3, -0.25) is 0 Å². The summed E-state index contributed by atoms with van der Waals surface area (Å²) in [4.78, 5) is 51.9. The molecule has 0 unspecified atom stereocenters. The third kappa shape index (κ3) is 6.44. The maximum absolute atomic E-state index is 10.5. The monoisotopic (exact) mass is 504 g/mol. The Kier molecular flexibility index (Phi) is 8.34. The molecule has 12 nitrogen and oxygen atoms in total. The van der Waals surface area contributed by atoms with Crippen molar-refractivity contribution in [2.24, 2.45) is 0 Å². The Hall–Kier alpha value is -4.12. The van der Waals surface area contributed by atoms with Crippen LogP contribution in [0, 0.1) is 0 Å². The molecule has 0 amide bonds. The van der Waals surface area contributed by atoms with E-state index in [0.717, 1.165) is 0 Å². The molecule has 0 bridgehead atoms. The van der Waals surface area contributed by atoms with Gasteiger partial charge in [0.1, 0.15) is 0 Å². The molecule has 0 radical (unpaired) electrons. The molecule has 0 N–H and O–H groups in total. The molecular weight excluding hydrogens is 493 g/mol. The fraction of sp³-hybridized carbons (Fsp3) is 0. The SMILES string of the molecule is O=C([O-])c1ccnc(-c2ncccn2)n1.O=C([O-])c1ccnc(-c2ncccn2)n1.[Ru+2]. The molecule has 31 heavy (non-hydrogen) atoms. The number of hydrogen-bond acceptors (Lipinski definition) is 12. The van der Waals surface area contributed by atoms with Gasteiger partial charge in [-0.1, -0.05) is 0 Å². The summed E-state index contributed by atoms with van der Waals surface area (Å²) in [6.07, 6.45) is 8.75. The quantitative estimate of drug-likeness (QED) is 0.297. The van der Waals surface area contributed by atoms with E-state index in [9.17, 15) is 19.8 Å². The number of aromatic carboxylic acids is 2. The third-order valence-electron chi connectivity index (χ3n) is 3.26. The normalized spacial score (nSPS) is 9.55. The van der Waals surface area contributed by atoms with E-state index in [1.807, 2.05) is 0 Å². The van der Waals surface area contributed by atoms with Gasteiger partial charge >= 0.3 is 19.5 Å². The molecule has 0 saturated heterocycles. The Morgan fingerprint density at radius 1 is 0.548 bits per heavy atom. The molecule has 0 aliphatic carbocycles. The second kappa shape index (κ2) is 11.2. The van der Waals surface area contributed by atoms with E-state index >= 15 is 0 Å². The van der Waals surface area contributed by atoms with Crippen LogP contribution in [-0.4, -0.2) is 51.8 Å². The average molecular weight is 503 g/mol. The minimum absolute atomic E-state index is 0. The number of carbonyl (C=O) groups excluding carboxylic acids is 2. The van der Waals surface area contributed by atoms with E-state index in [0.29, 0.717) is 0 Å². The van der Waals surface area contributed by atoms with E-state index in [2.05, 4.69) is 39.9 Å². The number of aromatic nitrogens is 8. The third-order valence-corrected chi connectivity index (χ3v) is 3.26. The Morgan fingerprint density at radius 3 is 1.19 bits per heavy atom. The molecule has 154 valence electrons. The minimum atomic E-state index is -1.35. The number of hydrogen-bond donors (Lipinski definition) is 0. The van der Waals surface area contributed by atoms with Gasteiger partial charge in [0.05, 0.1) is 23.3 Å². The van der Waals surface area contributed by atoms with Gasteiger partial charge in [-0.25, -0.2) is 39.9 Å². The van der Waals surface area contributed by atoms with Crippen LogP contribution in [0.2, 0.25) is 0 Å². The van der Waals surface area contributed by atoms with Crippen LogP contribution in [-0.2, 0) is 19.5 Å². The Bertz CT molecular complexity index is 1070. The average Bonchev–Trinajstić information content (AvgIpc) is 2.81. The van der Waals surface area contributed by atoms with Crippen LogP contribution in [0.4, 0.5) is 0 Å².